The average Bonchev–Trinajstić information content (AvgIpc) is 2.86. The number of halogens is 1. The van der Waals surface area contributed by atoms with Crippen LogP contribution in [0.1, 0.15) is 55.8 Å². The number of amides is 2. The van der Waals surface area contributed by atoms with E-state index in [-0.39, 0.29) is 17.4 Å². The number of hydrogen-bond acceptors (Lipinski definition) is 3. The van der Waals surface area contributed by atoms with Crippen LogP contribution < -0.4 is 10.6 Å². The zero-order valence-corrected chi connectivity index (χ0v) is 16.7. The first-order valence-corrected chi connectivity index (χ1v) is 9.74. The lowest BCUT2D eigenvalue weighted by molar-refractivity contribution is -0.123. The molecule has 1 atom stereocenters. The van der Waals surface area contributed by atoms with E-state index in [9.17, 15) is 9.59 Å². The number of likely N-dealkylation sites (N-methyl/N-ethyl adjacent to an activating group) is 1. The molecule has 144 valence electrons. The summed E-state index contributed by atoms with van der Waals surface area (Å²) in [5.41, 5.74) is 0.376. The summed E-state index contributed by atoms with van der Waals surface area (Å²) in [6, 6.07) is 6.20. The summed E-state index contributed by atoms with van der Waals surface area (Å²) in [5.74, 6) is -0.508. The molecule has 1 aliphatic rings. The molecule has 5 nitrogen and oxygen atoms in total. The molecule has 0 bridgehead atoms. The first-order chi connectivity index (χ1) is 12.4. The van der Waals surface area contributed by atoms with Crippen LogP contribution in [0.15, 0.2) is 24.3 Å². The van der Waals surface area contributed by atoms with Gasteiger partial charge in [-0.3, -0.25) is 9.59 Å². The summed E-state index contributed by atoms with van der Waals surface area (Å²) >= 11 is 6.05. The molecule has 2 amide bonds. The molecule has 0 radical (unpaired) electrons. The molecule has 1 aliphatic carbocycles. The van der Waals surface area contributed by atoms with Crippen molar-refractivity contribution in [3.05, 3.63) is 34.9 Å². The van der Waals surface area contributed by atoms with Gasteiger partial charge in [0, 0.05) is 12.1 Å². The predicted molar refractivity (Wildman–Crippen MR) is 106 cm³/mol. The van der Waals surface area contributed by atoms with Crippen LogP contribution >= 0.6 is 11.6 Å². The highest BCUT2D eigenvalue weighted by molar-refractivity contribution is 6.33. The molecule has 1 fully saturated rings. The number of benzene rings is 1. The molecule has 0 aromatic heterocycles. The third-order valence-electron chi connectivity index (χ3n) is 5.43. The third-order valence-corrected chi connectivity index (χ3v) is 5.76. The Hall–Kier alpha value is -1.59. The zero-order valence-electron chi connectivity index (χ0n) is 16.0. The van der Waals surface area contributed by atoms with E-state index in [1.165, 1.54) is 25.7 Å². The molecule has 1 saturated carbocycles. The largest absolute Gasteiger partial charge is 0.352 e. The van der Waals surface area contributed by atoms with Gasteiger partial charge in [0.1, 0.15) is 6.04 Å². The van der Waals surface area contributed by atoms with E-state index in [4.69, 9.17) is 11.6 Å². The number of rotatable bonds is 6. The molecule has 1 aromatic carbocycles. The van der Waals surface area contributed by atoms with Crippen molar-refractivity contribution in [2.75, 3.05) is 20.6 Å². The van der Waals surface area contributed by atoms with Gasteiger partial charge in [-0.25, -0.2) is 0 Å². The normalized spacial score (nSPS) is 18.0. The molecule has 0 unspecified atom stereocenters. The number of nitrogens with one attached hydrogen (secondary N) is 2. The highest BCUT2D eigenvalue weighted by Gasteiger charge is 2.34. The van der Waals surface area contributed by atoms with Crippen molar-refractivity contribution in [1.29, 1.82) is 0 Å². The van der Waals surface area contributed by atoms with Gasteiger partial charge in [0.2, 0.25) is 5.91 Å². The summed E-state index contributed by atoms with van der Waals surface area (Å²) in [6.45, 7) is 2.30. The molecule has 1 aromatic rings. The summed E-state index contributed by atoms with van der Waals surface area (Å²) in [6.07, 6.45) is 7.06. The first kappa shape index (κ1) is 20.7. The van der Waals surface area contributed by atoms with E-state index in [0.717, 1.165) is 12.8 Å². The lowest BCUT2D eigenvalue weighted by Crippen LogP contribution is -2.55. The summed E-state index contributed by atoms with van der Waals surface area (Å²) in [4.78, 5) is 27.1. The summed E-state index contributed by atoms with van der Waals surface area (Å²) in [7, 11) is 4.17. The molecule has 2 rings (SSSR count). The van der Waals surface area contributed by atoms with Crippen LogP contribution in [0.2, 0.25) is 5.02 Å². The molecular weight excluding hydrogens is 350 g/mol. The maximum atomic E-state index is 12.5. The fourth-order valence-corrected chi connectivity index (χ4v) is 3.78. The van der Waals surface area contributed by atoms with E-state index in [2.05, 4.69) is 29.6 Å². The Labute approximate surface area is 161 Å². The molecule has 0 spiro atoms. The minimum Gasteiger partial charge on any atom is -0.352 e. The van der Waals surface area contributed by atoms with Gasteiger partial charge in [0.25, 0.3) is 5.91 Å². The lowest BCUT2D eigenvalue weighted by Gasteiger charge is -2.40. The smallest absolute Gasteiger partial charge is 0.253 e. The molecule has 6 heteroatoms. The van der Waals surface area contributed by atoms with Gasteiger partial charge in [-0.05, 0) is 46.0 Å². The van der Waals surface area contributed by atoms with Crippen molar-refractivity contribution in [3.8, 4) is 0 Å². The van der Waals surface area contributed by atoms with Gasteiger partial charge < -0.3 is 15.5 Å². The molecule has 0 heterocycles. The van der Waals surface area contributed by atoms with Gasteiger partial charge in [0.05, 0.1) is 10.6 Å². The Morgan fingerprint density at radius 3 is 2.35 bits per heavy atom. The Morgan fingerprint density at radius 1 is 1.15 bits per heavy atom. The Morgan fingerprint density at radius 2 is 1.77 bits per heavy atom. The fraction of sp³-hybridized carbons (Fsp3) is 0.600. The third kappa shape index (κ3) is 5.21. The van der Waals surface area contributed by atoms with Gasteiger partial charge in [-0.15, -0.1) is 0 Å². The maximum absolute atomic E-state index is 12.5. The summed E-state index contributed by atoms with van der Waals surface area (Å²) < 4.78 is 0. The maximum Gasteiger partial charge on any atom is 0.253 e. The van der Waals surface area contributed by atoms with Crippen LogP contribution in [0.3, 0.4) is 0 Å². The van der Waals surface area contributed by atoms with E-state index in [0.29, 0.717) is 17.1 Å². The monoisotopic (exact) mass is 379 g/mol. The highest BCUT2D eigenvalue weighted by atomic mass is 35.5. The van der Waals surface area contributed by atoms with Gasteiger partial charge >= 0.3 is 0 Å². The quantitative estimate of drug-likeness (QED) is 0.746. The van der Waals surface area contributed by atoms with Crippen molar-refractivity contribution >= 4 is 23.4 Å². The van der Waals surface area contributed by atoms with Gasteiger partial charge in [-0.2, -0.15) is 0 Å². The summed E-state index contributed by atoms with van der Waals surface area (Å²) in [5, 5.41) is 6.15. The number of carbonyl (C=O) groups is 2. The van der Waals surface area contributed by atoms with E-state index in [1.807, 2.05) is 0 Å². The fourth-order valence-electron chi connectivity index (χ4n) is 3.56. The topological polar surface area (TPSA) is 61.4 Å². The van der Waals surface area contributed by atoms with Gasteiger partial charge in [0.15, 0.2) is 0 Å². The zero-order chi connectivity index (χ0) is 19.2. The molecule has 2 N–H and O–H groups in total. The Kier molecular flexibility index (Phi) is 7.47. The second-order valence-corrected chi connectivity index (χ2v) is 7.83. The minimum absolute atomic E-state index is 0.00136. The van der Waals surface area contributed by atoms with Crippen molar-refractivity contribution in [2.45, 2.75) is 57.0 Å². The lowest BCUT2D eigenvalue weighted by atomic mass is 9.88. The number of hydrogen-bond donors (Lipinski definition) is 2. The van der Waals surface area contributed by atoms with Gasteiger partial charge in [-0.1, -0.05) is 49.4 Å². The highest BCUT2D eigenvalue weighted by Crippen LogP contribution is 2.30. The van der Waals surface area contributed by atoms with Crippen molar-refractivity contribution in [1.82, 2.24) is 15.5 Å². The average molecular weight is 380 g/mol. The minimum atomic E-state index is -0.622. The van der Waals surface area contributed by atoms with Crippen molar-refractivity contribution in [2.24, 2.45) is 0 Å². The van der Waals surface area contributed by atoms with Crippen LogP contribution in [0.5, 0.6) is 0 Å². The molecule has 0 saturated heterocycles. The Bertz CT molecular complexity index is 625. The SMILES string of the molecule is C[C@@H](NC(=O)c1ccccc1Cl)C(=O)NCC1(N(C)C)CCCCCC1. The van der Waals surface area contributed by atoms with E-state index >= 15 is 0 Å². The second-order valence-electron chi connectivity index (χ2n) is 7.43. The van der Waals surface area contributed by atoms with E-state index < -0.39 is 6.04 Å². The van der Waals surface area contributed by atoms with Crippen LogP contribution in [0, 0.1) is 0 Å². The predicted octanol–water partition coefficient (Wildman–Crippen LogP) is 3.23. The Balaban J connectivity index is 1.93. The standard InChI is InChI=1S/C20H30ClN3O2/c1-15(23-19(26)16-10-6-7-11-17(16)21)18(25)22-14-20(24(2)3)12-8-4-5-9-13-20/h6-7,10-11,15H,4-5,8-9,12-14H2,1-3H3,(H,22,25)(H,23,26)/t15-/m1/s1. The molecule has 0 aliphatic heterocycles. The van der Waals surface area contributed by atoms with Crippen molar-refractivity contribution < 1.29 is 9.59 Å². The van der Waals surface area contributed by atoms with Crippen LogP contribution in [-0.4, -0.2) is 48.9 Å². The van der Waals surface area contributed by atoms with E-state index in [1.54, 1.807) is 31.2 Å². The van der Waals surface area contributed by atoms with Crippen LogP contribution in [0.4, 0.5) is 0 Å². The van der Waals surface area contributed by atoms with Crippen LogP contribution in [0.25, 0.3) is 0 Å². The molecular formula is C20H30ClN3O2. The number of nitrogens with zero attached hydrogens (tertiary/aromatic N) is 1. The second kappa shape index (κ2) is 9.38. The first-order valence-electron chi connectivity index (χ1n) is 9.36. The van der Waals surface area contributed by atoms with Crippen LogP contribution in [-0.2, 0) is 4.79 Å². The number of carbonyl (C=O) groups excluding carboxylic acids is 2. The molecule has 26 heavy (non-hydrogen) atoms. The van der Waals surface area contributed by atoms with Crippen molar-refractivity contribution in [3.63, 3.8) is 0 Å².